The Balaban J connectivity index is 1.65. The fourth-order valence-electron chi connectivity index (χ4n) is 2.04. The maximum atomic E-state index is 12.2. The van der Waals surface area contributed by atoms with E-state index in [9.17, 15) is 4.79 Å². The number of aromatic nitrogens is 4. The molecular formula is C17H15N5O2. The van der Waals surface area contributed by atoms with Gasteiger partial charge in [0, 0.05) is 11.3 Å². The van der Waals surface area contributed by atoms with Gasteiger partial charge in [-0.1, -0.05) is 12.7 Å². The molecule has 7 heteroatoms. The van der Waals surface area contributed by atoms with Gasteiger partial charge >= 0.3 is 0 Å². The van der Waals surface area contributed by atoms with Crippen LogP contribution in [-0.2, 0) is 0 Å². The summed E-state index contributed by atoms with van der Waals surface area (Å²) in [6, 6.07) is 14.1. The smallest absolute Gasteiger partial charge is 0.255 e. The summed E-state index contributed by atoms with van der Waals surface area (Å²) in [7, 11) is 0. The molecule has 0 unspecified atom stereocenters. The minimum atomic E-state index is -0.194. The van der Waals surface area contributed by atoms with Gasteiger partial charge in [0.2, 0.25) is 0 Å². The van der Waals surface area contributed by atoms with Gasteiger partial charge in [-0.3, -0.25) is 4.79 Å². The second-order valence-electron chi connectivity index (χ2n) is 4.88. The lowest BCUT2D eigenvalue weighted by molar-refractivity contribution is 0.102. The standard InChI is InChI=1S/C17H15N5O2/c1-2-11-24-16-9-3-13(4-10-16)17(23)19-14-5-7-15(8-6-14)22-12-18-20-21-22/h2-10,12H,1,11H2,(H,19,23). The number of benzene rings is 2. The van der Waals surface area contributed by atoms with Crippen LogP contribution >= 0.6 is 0 Å². The number of nitrogens with one attached hydrogen (secondary N) is 1. The van der Waals surface area contributed by atoms with Gasteiger partial charge in [0.25, 0.3) is 5.91 Å². The Morgan fingerprint density at radius 1 is 1.17 bits per heavy atom. The number of anilines is 1. The molecule has 7 nitrogen and oxygen atoms in total. The van der Waals surface area contributed by atoms with Crippen molar-refractivity contribution in [2.24, 2.45) is 0 Å². The van der Waals surface area contributed by atoms with Crippen molar-refractivity contribution in [2.75, 3.05) is 11.9 Å². The molecule has 0 atom stereocenters. The monoisotopic (exact) mass is 321 g/mol. The number of carbonyl (C=O) groups is 1. The van der Waals surface area contributed by atoms with E-state index in [0.29, 0.717) is 23.6 Å². The number of ether oxygens (including phenoxy) is 1. The minimum Gasteiger partial charge on any atom is -0.490 e. The summed E-state index contributed by atoms with van der Waals surface area (Å²) < 4.78 is 6.92. The summed E-state index contributed by atoms with van der Waals surface area (Å²) >= 11 is 0. The lowest BCUT2D eigenvalue weighted by Gasteiger charge is -2.07. The highest BCUT2D eigenvalue weighted by Gasteiger charge is 2.07. The number of hydrogen-bond acceptors (Lipinski definition) is 5. The first kappa shape index (κ1) is 15.4. The maximum absolute atomic E-state index is 12.2. The van der Waals surface area contributed by atoms with Gasteiger partial charge in [-0.05, 0) is 59.0 Å². The highest BCUT2D eigenvalue weighted by molar-refractivity contribution is 6.04. The van der Waals surface area contributed by atoms with Gasteiger partial charge < -0.3 is 10.1 Å². The molecule has 3 rings (SSSR count). The average molecular weight is 321 g/mol. The number of carbonyl (C=O) groups excluding carboxylic acids is 1. The van der Waals surface area contributed by atoms with E-state index in [1.54, 1.807) is 42.5 Å². The highest BCUT2D eigenvalue weighted by atomic mass is 16.5. The Hall–Kier alpha value is -3.48. The molecule has 0 saturated carbocycles. The molecule has 0 radical (unpaired) electrons. The fourth-order valence-corrected chi connectivity index (χ4v) is 2.04. The van der Waals surface area contributed by atoms with E-state index in [1.807, 2.05) is 12.1 Å². The average Bonchev–Trinajstić information content (AvgIpc) is 3.15. The maximum Gasteiger partial charge on any atom is 0.255 e. The summed E-state index contributed by atoms with van der Waals surface area (Å²) in [6.07, 6.45) is 3.17. The van der Waals surface area contributed by atoms with Crippen molar-refractivity contribution in [1.82, 2.24) is 20.2 Å². The molecule has 0 aliphatic heterocycles. The van der Waals surface area contributed by atoms with Crippen LogP contribution in [0.3, 0.4) is 0 Å². The third kappa shape index (κ3) is 3.64. The quantitative estimate of drug-likeness (QED) is 0.705. The van der Waals surface area contributed by atoms with Crippen LogP contribution in [0.15, 0.2) is 67.5 Å². The van der Waals surface area contributed by atoms with Gasteiger partial charge in [-0.2, -0.15) is 0 Å². The molecule has 1 N–H and O–H groups in total. The third-order valence-corrected chi connectivity index (χ3v) is 3.22. The molecule has 0 spiro atoms. The van der Waals surface area contributed by atoms with Crippen LogP contribution in [0.1, 0.15) is 10.4 Å². The Morgan fingerprint density at radius 2 is 1.92 bits per heavy atom. The van der Waals surface area contributed by atoms with E-state index in [-0.39, 0.29) is 5.91 Å². The molecule has 1 heterocycles. The van der Waals surface area contributed by atoms with E-state index in [0.717, 1.165) is 5.69 Å². The Kier molecular flexibility index (Phi) is 4.62. The van der Waals surface area contributed by atoms with E-state index >= 15 is 0 Å². The second-order valence-corrected chi connectivity index (χ2v) is 4.88. The Morgan fingerprint density at radius 3 is 2.54 bits per heavy atom. The molecule has 0 saturated heterocycles. The number of hydrogen-bond donors (Lipinski definition) is 1. The van der Waals surface area contributed by atoms with Crippen LogP contribution in [0.25, 0.3) is 5.69 Å². The largest absolute Gasteiger partial charge is 0.490 e. The summed E-state index contributed by atoms with van der Waals surface area (Å²) in [5.74, 6) is 0.498. The van der Waals surface area contributed by atoms with Crippen LogP contribution < -0.4 is 10.1 Å². The number of nitrogens with zero attached hydrogens (tertiary/aromatic N) is 4. The molecular weight excluding hydrogens is 306 g/mol. The summed E-state index contributed by atoms with van der Waals surface area (Å²) in [4.78, 5) is 12.2. The van der Waals surface area contributed by atoms with E-state index < -0.39 is 0 Å². The third-order valence-electron chi connectivity index (χ3n) is 3.22. The van der Waals surface area contributed by atoms with Crippen molar-refractivity contribution in [3.63, 3.8) is 0 Å². The molecule has 2 aromatic carbocycles. The first-order chi connectivity index (χ1) is 11.8. The van der Waals surface area contributed by atoms with Crippen molar-refractivity contribution >= 4 is 11.6 Å². The predicted molar refractivity (Wildman–Crippen MR) is 89.2 cm³/mol. The molecule has 120 valence electrons. The molecule has 3 aromatic rings. The lowest BCUT2D eigenvalue weighted by atomic mass is 10.2. The van der Waals surface area contributed by atoms with E-state index in [4.69, 9.17) is 4.74 Å². The second kappa shape index (κ2) is 7.19. The molecule has 1 aromatic heterocycles. The van der Waals surface area contributed by atoms with Gasteiger partial charge in [-0.15, -0.1) is 5.10 Å². The fraction of sp³-hybridized carbons (Fsp3) is 0.0588. The zero-order valence-corrected chi connectivity index (χ0v) is 12.8. The van der Waals surface area contributed by atoms with E-state index in [2.05, 4.69) is 27.4 Å². The summed E-state index contributed by atoms with van der Waals surface area (Å²) in [6.45, 7) is 4.02. The topological polar surface area (TPSA) is 81.9 Å². The van der Waals surface area contributed by atoms with Crippen LogP contribution in [0.2, 0.25) is 0 Å². The Bertz CT molecular complexity index is 811. The molecule has 24 heavy (non-hydrogen) atoms. The zero-order valence-electron chi connectivity index (χ0n) is 12.8. The van der Waals surface area contributed by atoms with Crippen molar-refractivity contribution in [2.45, 2.75) is 0 Å². The number of rotatable bonds is 6. The SMILES string of the molecule is C=CCOc1ccc(C(=O)Nc2ccc(-n3cnnn3)cc2)cc1. The van der Waals surface area contributed by atoms with Gasteiger partial charge in [0.15, 0.2) is 0 Å². The first-order valence-electron chi connectivity index (χ1n) is 7.25. The van der Waals surface area contributed by atoms with E-state index in [1.165, 1.54) is 11.0 Å². The van der Waals surface area contributed by atoms with Gasteiger partial charge in [-0.25, -0.2) is 4.68 Å². The van der Waals surface area contributed by atoms with Gasteiger partial charge in [0.1, 0.15) is 18.7 Å². The predicted octanol–water partition coefficient (Wildman–Crippen LogP) is 2.48. The molecule has 1 amide bonds. The first-order valence-corrected chi connectivity index (χ1v) is 7.25. The van der Waals surface area contributed by atoms with Crippen molar-refractivity contribution in [3.8, 4) is 11.4 Å². The summed E-state index contributed by atoms with van der Waals surface area (Å²) in [5.41, 5.74) is 2.04. The highest BCUT2D eigenvalue weighted by Crippen LogP contribution is 2.16. The van der Waals surface area contributed by atoms with Crippen LogP contribution in [0.4, 0.5) is 5.69 Å². The zero-order chi connectivity index (χ0) is 16.8. The Labute approximate surface area is 138 Å². The number of tetrazole rings is 1. The van der Waals surface area contributed by atoms with Crippen LogP contribution in [-0.4, -0.2) is 32.7 Å². The molecule has 0 bridgehead atoms. The van der Waals surface area contributed by atoms with Crippen molar-refractivity contribution in [1.29, 1.82) is 0 Å². The molecule has 0 aliphatic carbocycles. The molecule has 0 fully saturated rings. The normalized spacial score (nSPS) is 10.2. The lowest BCUT2D eigenvalue weighted by Crippen LogP contribution is -2.11. The van der Waals surface area contributed by atoms with Gasteiger partial charge in [0.05, 0.1) is 5.69 Å². The van der Waals surface area contributed by atoms with Crippen molar-refractivity contribution in [3.05, 3.63) is 73.1 Å². The van der Waals surface area contributed by atoms with Crippen molar-refractivity contribution < 1.29 is 9.53 Å². The van der Waals surface area contributed by atoms with Crippen LogP contribution in [0, 0.1) is 0 Å². The minimum absolute atomic E-state index is 0.194. The van der Waals surface area contributed by atoms with Crippen LogP contribution in [0.5, 0.6) is 5.75 Å². The summed E-state index contributed by atoms with van der Waals surface area (Å²) in [5, 5.41) is 13.8. The molecule has 0 aliphatic rings. The number of amides is 1.